The minimum atomic E-state index is -0.603. The van der Waals surface area contributed by atoms with Gasteiger partial charge in [-0.3, -0.25) is 9.78 Å². The molecule has 1 aliphatic rings. The van der Waals surface area contributed by atoms with Gasteiger partial charge in [0.1, 0.15) is 5.69 Å². The van der Waals surface area contributed by atoms with E-state index in [-0.39, 0.29) is 11.5 Å². The largest absolute Gasteiger partial charge is 0.295 e. The number of halogens is 1. The lowest BCUT2D eigenvalue weighted by molar-refractivity contribution is -0.114. The van der Waals surface area contributed by atoms with Crippen LogP contribution in [0, 0.1) is 5.95 Å². The smallest absolute Gasteiger partial charge is 0.239 e. The molecule has 0 N–H and O–H groups in total. The predicted octanol–water partition coefficient (Wildman–Crippen LogP) is 1.75. The number of carbonyl (C=O) groups excluding carboxylic acids is 1. The van der Waals surface area contributed by atoms with Crippen molar-refractivity contribution in [2.75, 3.05) is 0 Å². The maximum atomic E-state index is 13.2. The van der Waals surface area contributed by atoms with Gasteiger partial charge in [-0.1, -0.05) is 0 Å². The van der Waals surface area contributed by atoms with Crippen molar-refractivity contribution in [3.8, 4) is 0 Å². The average Bonchev–Trinajstić information content (AvgIpc) is 2.18. The first-order valence-corrected chi connectivity index (χ1v) is 4.47. The lowest BCUT2D eigenvalue weighted by Gasteiger charge is -2.10. The summed E-state index contributed by atoms with van der Waals surface area (Å²) in [7, 11) is 0. The molecule has 14 heavy (non-hydrogen) atoms. The van der Waals surface area contributed by atoms with Gasteiger partial charge in [-0.25, -0.2) is 4.98 Å². The first-order chi connectivity index (χ1) is 6.77. The first kappa shape index (κ1) is 8.99. The standard InChI is InChI=1S/C10H9FN2O/c11-10-9(12-4-5-13-10)7-2-1-3-8(14)6-7/h4-6H,1-3H2. The number of hydrogen-bond donors (Lipinski definition) is 0. The van der Waals surface area contributed by atoms with Crippen LogP contribution in [-0.2, 0) is 4.79 Å². The molecule has 0 spiro atoms. The summed E-state index contributed by atoms with van der Waals surface area (Å²) in [5.41, 5.74) is 0.868. The third kappa shape index (κ3) is 1.69. The van der Waals surface area contributed by atoms with Crippen LogP contribution in [0.3, 0.4) is 0 Å². The molecule has 2 rings (SSSR count). The molecule has 1 heterocycles. The van der Waals surface area contributed by atoms with E-state index in [1.165, 1.54) is 18.5 Å². The van der Waals surface area contributed by atoms with Gasteiger partial charge in [-0.2, -0.15) is 4.39 Å². The molecule has 0 saturated carbocycles. The minimum Gasteiger partial charge on any atom is -0.295 e. The van der Waals surface area contributed by atoms with E-state index in [2.05, 4.69) is 9.97 Å². The number of rotatable bonds is 1. The second kappa shape index (κ2) is 3.65. The second-order valence-electron chi connectivity index (χ2n) is 3.19. The summed E-state index contributed by atoms with van der Waals surface area (Å²) < 4.78 is 13.2. The van der Waals surface area contributed by atoms with E-state index < -0.39 is 5.95 Å². The quantitative estimate of drug-likeness (QED) is 0.680. The van der Waals surface area contributed by atoms with Crippen molar-refractivity contribution < 1.29 is 9.18 Å². The highest BCUT2D eigenvalue weighted by Crippen LogP contribution is 2.24. The third-order valence-electron chi connectivity index (χ3n) is 2.16. The zero-order valence-corrected chi connectivity index (χ0v) is 7.53. The Kier molecular flexibility index (Phi) is 2.35. The van der Waals surface area contributed by atoms with E-state index in [9.17, 15) is 9.18 Å². The van der Waals surface area contributed by atoms with Crippen molar-refractivity contribution in [3.05, 3.63) is 30.1 Å². The van der Waals surface area contributed by atoms with Gasteiger partial charge in [0.15, 0.2) is 5.78 Å². The van der Waals surface area contributed by atoms with Crippen LogP contribution >= 0.6 is 0 Å². The van der Waals surface area contributed by atoms with Crippen LogP contribution in [0.5, 0.6) is 0 Å². The molecule has 3 nitrogen and oxygen atoms in total. The Labute approximate surface area is 80.7 Å². The highest BCUT2D eigenvalue weighted by atomic mass is 19.1. The topological polar surface area (TPSA) is 42.9 Å². The Morgan fingerprint density at radius 1 is 1.21 bits per heavy atom. The van der Waals surface area contributed by atoms with Crippen molar-refractivity contribution >= 4 is 11.4 Å². The molecule has 72 valence electrons. The normalized spacial score (nSPS) is 16.6. The summed E-state index contributed by atoms with van der Waals surface area (Å²) >= 11 is 0. The number of hydrogen-bond acceptors (Lipinski definition) is 3. The summed E-state index contributed by atoms with van der Waals surface area (Å²) in [4.78, 5) is 18.5. The van der Waals surface area contributed by atoms with E-state index in [0.717, 1.165) is 6.42 Å². The Bertz CT molecular complexity index is 401. The lowest BCUT2D eigenvalue weighted by Crippen LogP contribution is -2.05. The average molecular weight is 192 g/mol. The minimum absolute atomic E-state index is 0.0382. The Hall–Kier alpha value is -1.58. The predicted molar refractivity (Wildman–Crippen MR) is 48.8 cm³/mol. The summed E-state index contributed by atoms with van der Waals surface area (Å²) in [5, 5.41) is 0. The fourth-order valence-corrected chi connectivity index (χ4v) is 1.51. The van der Waals surface area contributed by atoms with Gasteiger partial charge in [0.2, 0.25) is 5.95 Å². The molecule has 4 heteroatoms. The number of aromatic nitrogens is 2. The summed E-state index contributed by atoms with van der Waals surface area (Å²) in [6.45, 7) is 0. The van der Waals surface area contributed by atoms with Crippen LogP contribution in [0.4, 0.5) is 4.39 Å². The fourth-order valence-electron chi connectivity index (χ4n) is 1.51. The maximum absolute atomic E-state index is 13.2. The lowest BCUT2D eigenvalue weighted by atomic mass is 9.96. The molecule has 0 fully saturated rings. The van der Waals surface area contributed by atoms with E-state index in [1.807, 2.05) is 0 Å². The molecule has 1 aromatic heterocycles. The molecule has 0 atom stereocenters. The number of allylic oxidation sites excluding steroid dienone is 2. The zero-order chi connectivity index (χ0) is 9.97. The summed E-state index contributed by atoms with van der Waals surface area (Å²) in [5.74, 6) is -0.565. The van der Waals surface area contributed by atoms with Crippen molar-refractivity contribution in [1.82, 2.24) is 9.97 Å². The third-order valence-corrected chi connectivity index (χ3v) is 2.16. The maximum Gasteiger partial charge on any atom is 0.239 e. The molecule has 0 aromatic carbocycles. The molecular weight excluding hydrogens is 183 g/mol. The van der Waals surface area contributed by atoms with Crippen LogP contribution in [-0.4, -0.2) is 15.8 Å². The van der Waals surface area contributed by atoms with Gasteiger partial charge in [0.05, 0.1) is 0 Å². The van der Waals surface area contributed by atoms with E-state index >= 15 is 0 Å². The van der Waals surface area contributed by atoms with Crippen LogP contribution in [0.2, 0.25) is 0 Å². The van der Waals surface area contributed by atoms with Gasteiger partial charge >= 0.3 is 0 Å². The van der Waals surface area contributed by atoms with E-state index in [4.69, 9.17) is 0 Å². The van der Waals surface area contributed by atoms with E-state index in [1.54, 1.807) is 0 Å². The molecule has 0 bridgehead atoms. The first-order valence-electron chi connectivity index (χ1n) is 4.47. The molecule has 1 aromatic rings. The van der Waals surface area contributed by atoms with Crippen molar-refractivity contribution in [3.63, 3.8) is 0 Å². The Morgan fingerprint density at radius 3 is 2.71 bits per heavy atom. The SMILES string of the molecule is O=C1C=C(c2nccnc2F)CCC1. The van der Waals surface area contributed by atoms with Gasteiger partial charge in [-0.05, 0) is 24.5 Å². The van der Waals surface area contributed by atoms with Crippen LogP contribution in [0.15, 0.2) is 18.5 Å². The van der Waals surface area contributed by atoms with Crippen LogP contribution < -0.4 is 0 Å². The van der Waals surface area contributed by atoms with Crippen molar-refractivity contribution in [2.45, 2.75) is 19.3 Å². The molecule has 0 radical (unpaired) electrons. The van der Waals surface area contributed by atoms with Crippen molar-refractivity contribution in [1.29, 1.82) is 0 Å². The molecule has 0 amide bonds. The van der Waals surface area contributed by atoms with Gasteiger partial charge in [-0.15, -0.1) is 0 Å². The fraction of sp³-hybridized carbons (Fsp3) is 0.300. The molecule has 0 aliphatic heterocycles. The Morgan fingerprint density at radius 2 is 2.00 bits per heavy atom. The highest BCUT2D eigenvalue weighted by Gasteiger charge is 2.15. The molecule has 0 saturated heterocycles. The molecule has 1 aliphatic carbocycles. The summed E-state index contributed by atoms with van der Waals surface area (Å²) in [6, 6.07) is 0. The zero-order valence-electron chi connectivity index (χ0n) is 7.53. The van der Waals surface area contributed by atoms with Gasteiger partial charge < -0.3 is 0 Å². The number of carbonyl (C=O) groups is 1. The molecule has 0 unspecified atom stereocenters. The van der Waals surface area contributed by atoms with Crippen LogP contribution in [0.1, 0.15) is 25.0 Å². The Balaban J connectivity index is 2.40. The second-order valence-corrected chi connectivity index (χ2v) is 3.19. The van der Waals surface area contributed by atoms with E-state index in [0.29, 0.717) is 18.4 Å². The monoisotopic (exact) mass is 192 g/mol. The summed E-state index contributed by atoms with van der Waals surface area (Å²) in [6.07, 6.45) is 6.20. The van der Waals surface area contributed by atoms with Crippen molar-refractivity contribution in [2.24, 2.45) is 0 Å². The van der Waals surface area contributed by atoms with Gasteiger partial charge in [0.25, 0.3) is 0 Å². The highest BCUT2D eigenvalue weighted by molar-refractivity contribution is 5.97. The molecular formula is C10H9FN2O. The number of nitrogens with zero attached hydrogens (tertiary/aromatic N) is 2. The number of ketones is 1. The van der Waals surface area contributed by atoms with Gasteiger partial charge in [0, 0.05) is 18.8 Å². The van der Waals surface area contributed by atoms with Crippen LogP contribution in [0.25, 0.3) is 5.57 Å².